The van der Waals surface area contributed by atoms with Crippen LogP contribution in [0.15, 0.2) is 54.6 Å². The van der Waals surface area contributed by atoms with Crippen LogP contribution in [0.4, 0.5) is 0 Å². The zero-order chi connectivity index (χ0) is 20.2. The number of nitrogens with zero attached hydrogens (tertiary/aromatic N) is 3. The van der Waals surface area contributed by atoms with E-state index in [-0.39, 0.29) is 5.91 Å². The van der Waals surface area contributed by atoms with Crippen LogP contribution in [-0.2, 0) is 6.54 Å². The maximum atomic E-state index is 13.3. The van der Waals surface area contributed by atoms with E-state index in [4.69, 9.17) is 4.74 Å². The van der Waals surface area contributed by atoms with Crippen LogP contribution in [0.5, 0.6) is 5.75 Å². The molecule has 5 heteroatoms. The van der Waals surface area contributed by atoms with Crippen molar-refractivity contribution in [1.82, 2.24) is 14.8 Å². The molecule has 5 nitrogen and oxygen atoms in total. The Morgan fingerprint density at radius 2 is 1.86 bits per heavy atom. The van der Waals surface area contributed by atoms with Crippen molar-refractivity contribution in [3.05, 3.63) is 71.4 Å². The third kappa shape index (κ3) is 4.40. The average molecular weight is 389 g/mol. The van der Waals surface area contributed by atoms with Crippen molar-refractivity contribution in [2.24, 2.45) is 0 Å². The summed E-state index contributed by atoms with van der Waals surface area (Å²) in [5, 5.41) is 0.929. The lowest BCUT2D eigenvalue weighted by atomic mass is 10.1. The minimum Gasteiger partial charge on any atom is -0.497 e. The van der Waals surface area contributed by atoms with Crippen LogP contribution in [0, 0.1) is 6.92 Å². The maximum Gasteiger partial charge on any atom is 0.255 e. The van der Waals surface area contributed by atoms with Gasteiger partial charge in [-0.05, 0) is 43.2 Å². The summed E-state index contributed by atoms with van der Waals surface area (Å²) < 4.78 is 5.32. The van der Waals surface area contributed by atoms with Crippen LogP contribution in [0.3, 0.4) is 0 Å². The number of pyridine rings is 1. The van der Waals surface area contributed by atoms with Gasteiger partial charge in [-0.25, -0.2) is 0 Å². The Balaban J connectivity index is 1.49. The van der Waals surface area contributed by atoms with E-state index in [9.17, 15) is 4.79 Å². The van der Waals surface area contributed by atoms with Gasteiger partial charge in [-0.3, -0.25) is 14.7 Å². The van der Waals surface area contributed by atoms with Crippen molar-refractivity contribution in [3.8, 4) is 5.75 Å². The SMILES string of the molecule is COc1ccc2nc(C)c(C(=O)N3CCCN(Cc4ccccc4)CC3)cc2c1. The lowest BCUT2D eigenvalue weighted by molar-refractivity contribution is 0.0760. The van der Waals surface area contributed by atoms with Gasteiger partial charge in [-0.1, -0.05) is 30.3 Å². The summed E-state index contributed by atoms with van der Waals surface area (Å²) in [6.45, 7) is 6.25. The number of hydrogen-bond acceptors (Lipinski definition) is 4. The van der Waals surface area contributed by atoms with Crippen LogP contribution in [-0.4, -0.2) is 54.0 Å². The number of hydrogen-bond donors (Lipinski definition) is 0. The lowest BCUT2D eigenvalue weighted by Crippen LogP contribution is -2.35. The number of ether oxygens (including phenoxy) is 1. The van der Waals surface area contributed by atoms with Gasteiger partial charge < -0.3 is 9.64 Å². The van der Waals surface area contributed by atoms with Crippen molar-refractivity contribution in [2.75, 3.05) is 33.3 Å². The molecular weight excluding hydrogens is 362 g/mol. The summed E-state index contributed by atoms with van der Waals surface area (Å²) in [4.78, 5) is 22.3. The number of rotatable bonds is 4. The summed E-state index contributed by atoms with van der Waals surface area (Å²) in [5.41, 5.74) is 3.65. The number of aryl methyl sites for hydroxylation is 1. The monoisotopic (exact) mass is 389 g/mol. The molecule has 3 aromatic rings. The van der Waals surface area contributed by atoms with E-state index in [2.05, 4.69) is 34.1 Å². The molecule has 1 aromatic heterocycles. The predicted molar refractivity (Wildman–Crippen MR) is 115 cm³/mol. The fraction of sp³-hybridized carbons (Fsp3) is 0.333. The molecular formula is C24H27N3O2. The van der Waals surface area contributed by atoms with E-state index in [1.165, 1.54) is 5.56 Å². The second-order valence-corrected chi connectivity index (χ2v) is 7.59. The summed E-state index contributed by atoms with van der Waals surface area (Å²) in [7, 11) is 1.65. The maximum absolute atomic E-state index is 13.3. The molecule has 150 valence electrons. The van der Waals surface area contributed by atoms with Gasteiger partial charge in [0.25, 0.3) is 5.91 Å². The van der Waals surface area contributed by atoms with Gasteiger partial charge in [0.2, 0.25) is 0 Å². The normalized spacial score (nSPS) is 15.3. The lowest BCUT2D eigenvalue weighted by Gasteiger charge is -2.23. The smallest absolute Gasteiger partial charge is 0.255 e. The Morgan fingerprint density at radius 3 is 2.66 bits per heavy atom. The first-order chi connectivity index (χ1) is 14.1. The molecule has 1 saturated heterocycles. The number of carbonyl (C=O) groups is 1. The second-order valence-electron chi connectivity index (χ2n) is 7.59. The molecule has 0 N–H and O–H groups in total. The number of carbonyl (C=O) groups excluding carboxylic acids is 1. The van der Waals surface area contributed by atoms with Crippen LogP contribution in [0.25, 0.3) is 10.9 Å². The minimum atomic E-state index is 0.0706. The van der Waals surface area contributed by atoms with E-state index < -0.39 is 0 Å². The molecule has 1 fully saturated rings. The molecule has 1 aliphatic heterocycles. The largest absolute Gasteiger partial charge is 0.497 e. The van der Waals surface area contributed by atoms with E-state index in [1.807, 2.05) is 42.2 Å². The number of methoxy groups -OCH3 is 1. The summed E-state index contributed by atoms with van der Waals surface area (Å²) in [6, 6.07) is 18.2. The average Bonchev–Trinajstić information content (AvgIpc) is 2.99. The first-order valence-electron chi connectivity index (χ1n) is 10.1. The summed E-state index contributed by atoms with van der Waals surface area (Å²) >= 11 is 0. The number of fused-ring (bicyclic) bond motifs is 1. The van der Waals surface area contributed by atoms with E-state index in [0.717, 1.165) is 61.5 Å². The zero-order valence-corrected chi connectivity index (χ0v) is 17.1. The third-order valence-corrected chi connectivity index (χ3v) is 5.57. The molecule has 0 spiro atoms. The highest BCUT2D eigenvalue weighted by Gasteiger charge is 2.22. The molecule has 0 radical (unpaired) electrons. The quantitative estimate of drug-likeness (QED) is 0.679. The van der Waals surface area contributed by atoms with Crippen molar-refractivity contribution >= 4 is 16.8 Å². The Labute approximate surface area is 171 Å². The van der Waals surface area contributed by atoms with Crippen LogP contribution in [0.1, 0.15) is 28.0 Å². The second kappa shape index (κ2) is 8.62. The molecule has 1 aliphatic rings. The highest BCUT2D eigenvalue weighted by Crippen LogP contribution is 2.23. The Morgan fingerprint density at radius 1 is 1.03 bits per heavy atom. The van der Waals surface area contributed by atoms with E-state index in [0.29, 0.717) is 5.56 Å². The van der Waals surface area contributed by atoms with E-state index >= 15 is 0 Å². The highest BCUT2D eigenvalue weighted by molar-refractivity contribution is 5.98. The standard InChI is InChI=1S/C24H27N3O2/c1-18-22(16-20-15-21(29-2)9-10-23(20)25-18)24(28)27-12-6-11-26(13-14-27)17-19-7-4-3-5-8-19/h3-5,7-10,15-16H,6,11-14,17H2,1-2H3. The van der Waals surface area contributed by atoms with Gasteiger partial charge in [0, 0.05) is 38.1 Å². The molecule has 0 atom stereocenters. The van der Waals surface area contributed by atoms with Gasteiger partial charge in [-0.15, -0.1) is 0 Å². The molecule has 1 amide bonds. The Hall–Kier alpha value is -2.92. The number of benzene rings is 2. The molecule has 29 heavy (non-hydrogen) atoms. The van der Waals surface area contributed by atoms with Crippen molar-refractivity contribution < 1.29 is 9.53 Å². The van der Waals surface area contributed by atoms with Gasteiger partial charge in [0.15, 0.2) is 0 Å². The van der Waals surface area contributed by atoms with Gasteiger partial charge in [0.05, 0.1) is 23.9 Å². The zero-order valence-electron chi connectivity index (χ0n) is 17.1. The van der Waals surface area contributed by atoms with Gasteiger partial charge in [0.1, 0.15) is 5.75 Å². The number of aromatic nitrogens is 1. The van der Waals surface area contributed by atoms with Crippen molar-refractivity contribution in [2.45, 2.75) is 19.9 Å². The molecule has 2 heterocycles. The number of amides is 1. The molecule has 0 bridgehead atoms. The van der Waals surface area contributed by atoms with E-state index in [1.54, 1.807) is 7.11 Å². The Kier molecular flexibility index (Phi) is 5.76. The minimum absolute atomic E-state index is 0.0706. The fourth-order valence-electron chi connectivity index (χ4n) is 3.94. The topological polar surface area (TPSA) is 45.7 Å². The van der Waals surface area contributed by atoms with Crippen LogP contribution in [0.2, 0.25) is 0 Å². The molecule has 0 unspecified atom stereocenters. The molecule has 2 aromatic carbocycles. The molecule has 0 saturated carbocycles. The van der Waals surface area contributed by atoms with Crippen molar-refractivity contribution in [3.63, 3.8) is 0 Å². The molecule has 0 aliphatic carbocycles. The van der Waals surface area contributed by atoms with Crippen LogP contribution >= 0.6 is 0 Å². The first-order valence-corrected chi connectivity index (χ1v) is 10.1. The fourth-order valence-corrected chi connectivity index (χ4v) is 3.94. The summed E-state index contributed by atoms with van der Waals surface area (Å²) in [5.74, 6) is 0.842. The molecule has 4 rings (SSSR count). The Bertz CT molecular complexity index is 1000. The highest BCUT2D eigenvalue weighted by atomic mass is 16.5. The van der Waals surface area contributed by atoms with Crippen LogP contribution < -0.4 is 4.74 Å². The predicted octanol–water partition coefficient (Wildman–Crippen LogP) is 3.90. The van der Waals surface area contributed by atoms with Crippen molar-refractivity contribution in [1.29, 1.82) is 0 Å². The van der Waals surface area contributed by atoms with Gasteiger partial charge >= 0.3 is 0 Å². The summed E-state index contributed by atoms with van der Waals surface area (Å²) in [6.07, 6.45) is 0.979. The third-order valence-electron chi connectivity index (χ3n) is 5.57. The first kappa shape index (κ1) is 19.4. The van der Waals surface area contributed by atoms with Gasteiger partial charge in [-0.2, -0.15) is 0 Å².